The zero-order valence-electron chi connectivity index (χ0n) is 13.8. The molecule has 2 heterocycles. The summed E-state index contributed by atoms with van der Waals surface area (Å²) in [5, 5.41) is 0. The van der Waals surface area contributed by atoms with E-state index in [9.17, 15) is 0 Å². The van der Waals surface area contributed by atoms with Crippen LogP contribution in [0.3, 0.4) is 0 Å². The summed E-state index contributed by atoms with van der Waals surface area (Å²) in [5.41, 5.74) is 6.42. The van der Waals surface area contributed by atoms with E-state index in [1.54, 1.807) is 0 Å². The van der Waals surface area contributed by atoms with Crippen LogP contribution < -0.4 is 5.73 Å². The molecule has 2 N–H and O–H groups in total. The summed E-state index contributed by atoms with van der Waals surface area (Å²) < 4.78 is 5.78. The Labute approximate surface area is 124 Å². The summed E-state index contributed by atoms with van der Waals surface area (Å²) in [7, 11) is 0. The summed E-state index contributed by atoms with van der Waals surface area (Å²) in [5.74, 6) is 0.753. The number of morpholine rings is 1. The maximum Gasteiger partial charge on any atom is 0.0675 e. The molecule has 2 aliphatic rings. The molecule has 0 bridgehead atoms. The van der Waals surface area contributed by atoms with Crippen molar-refractivity contribution >= 4 is 0 Å². The molecule has 20 heavy (non-hydrogen) atoms. The number of nitrogens with two attached hydrogens (primary N) is 1. The normalized spacial score (nSPS) is 32.7. The Morgan fingerprint density at radius 1 is 1.25 bits per heavy atom. The Kier molecular flexibility index (Phi) is 5.46. The van der Waals surface area contributed by atoms with Crippen LogP contribution in [0.4, 0.5) is 0 Å². The van der Waals surface area contributed by atoms with Crippen LogP contribution in [0, 0.1) is 5.92 Å². The van der Waals surface area contributed by atoms with Gasteiger partial charge in [0.05, 0.1) is 12.7 Å². The summed E-state index contributed by atoms with van der Waals surface area (Å²) >= 11 is 0. The van der Waals surface area contributed by atoms with Gasteiger partial charge in [-0.25, -0.2) is 0 Å². The van der Waals surface area contributed by atoms with E-state index >= 15 is 0 Å². The average molecular weight is 283 g/mol. The number of likely N-dealkylation sites (tertiary alicyclic amines) is 1. The Bertz CT molecular complexity index is 300. The van der Waals surface area contributed by atoms with E-state index in [-0.39, 0.29) is 5.54 Å². The van der Waals surface area contributed by atoms with Gasteiger partial charge in [-0.2, -0.15) is 0 Å². The average Bonchev–Trinajstić information content (AvgIpc) is 2.42. The van der Waals surface area contributed by atoms with Crippen molar-refractivity contribution in [1.82, 2.24) is 9.80 Å². The molecule has 118 valence electrons. The van der Waals surface area contributed by atoms with Gasteiger partial charge in [0.15, 0.2) is 0 Å². The first-order chi connectivity index (χ1) is 9.47. The lowest BCUT2D eigenvalue weighted by molar-refractivity contribution is -0.107. The molecule has 0 aliphatic carbocycles. The second-order valence-electron chi connectivity index (χ2n) is 7.27. The van der Waals surface area contributed by atoms with Crippen LogP contribution in [0.25, 0.3) is 0 Å². The first-order valence-corrected chi connectivity index (χ1v) is 8.27. The van der Waals surface area contributed by atoms with E-state index in [0.717, 1.165) is 25.6 Å². The number of hydrogen-bond donors (Lipinski definition) is 1. The molecule has 2 unspecified atom stereocenters. The van der Waals surface area contributed by atoms with E-state index in [1.807, 2.05) is 0 Å². The van der Waals surface area contributed by atoms with Gasteiger partial charge >= 0.3 is 0 Å². The molecular formula is C16H33N3O. The zero-order chi connectivity index (χ0) is 14.8. The number of ether oxygens (including phenoxy) is 1. The predicted molar refractivity (Wildman–Crippen MR) is 83.9 cm³/mol. The van der Waals surface area contributed by atoms with Crippen LogP contribution in [0.15, 0.2) is 0 Å². The minimum atomic E-state index is 0.199. The number of hydrogen-bond acceptors (Lipinski definition) is 4. The molecule has 0 amide bonds. The highest BCUT2D eigenvalue weighted by Crippen LogP contribution is 2.32. The standard InChI is InChI=1S/C16H33N3O/c1-13(2)9-18-7-5-16(12-17,6-8-18)19-10-15(4)20-11-14(19)3/h13-15H,5-12,17H2,1-4H3. The van der Waals surface area contributed by atoms with Crippen LogP contribution in [0.5, 0.6) is 0 Å². The van der Waals surface area contributed by atoms with Crippen molar-refractivity contribution in [3.05, 3.63) is 0 Å². The second kappa shape index (κ2) is 6.73. The lowest BCUT2D eigenvalue weighted by Crippen LogP contribution is -2.65. The predicted octanol–water partition coefficient (Wildman–Crippen LogP) is 1.54. The van der Waals surface area contributed by atoms with E-state index in [2.05, 4.69) is 37.5 Å². The second-order valence-corrected chi connectivity index (χ2v) is 7.27. The Balaban J connectivity index is 2.00. The number of rotatable bonds is 4. The molecule has 4 nitrogen and oxygen atoms in total. The van der Waals surface area contributed by atoms with Gasteiger partial charge in [0, 0.05) is 31.2 Å². The van der Waals surface area contributed by atoms with Crippen LogP contribution in [0.1, 0.15) is 40.5 Å². The Morgan fingerprint density at radius 3 is 2.45 bits per heavy atom. The Morgan fingerprint density at radius 2 is 1.90 bits per heavy atom. The summed E-state index contributed by atoms with van der Waals surface area (Å²) in [6.45, 7) is 15.3. The molecular weight excluding hydrogens is 250 g/mol. The first-order valence-electron chi connectivity index (χ1n) is 8.27. The summed E-state index contributed by atoms with van der Waals surface area (Å²) in [6.07, 6.45) is 2.74. The lowest BCUT2D eigenvalue weighted by atomic mass is 9.83. The van der Waals surface area contributed by atoms with Gasteiger partial charge in [-0.1, -0.05) is 13.8 Å². The van der Waals surface area contributed by atoms with E-state index in [1.165, 1.54) is 32.5 Å². The van der Waals surface area contributed by atoms with Gasteiger partial charge < -0.3 is 15.4 Å². The van der Waals surface area contributed by atoms with E-state index < -0.39 is 0 Å². The monoisotopic (exact) mass is 283 g/mol. The van der Waals surface area contributed by atoms with E-state index in [0.29, 0.717) is 12.1 Å². The van der Waals surface area contributed by atoms with Crippen molar-refractivity contribution in [3.63, 3.8) is 0 Å². The molecule has 4 heteroatoms. The minimum Gasteiger partial charge on any atom is -0.376 e. The highest BCUT2D eigenvalue weighted by molar-refractivity contribution is 4.99. The van der Waals surface area contributed by atoms with Crippen LogP contribution >= 0.6 is 0 Å². The fourth-order valence-corrected chi connectivity index (χ4v) is 3.84. The third-order valence-electron chi connectivity index (χ3n) is 5.01. The van der Waals surface area contributed by atoms with Crippen molar-refractivity contribution in [2.24, 2.45) is 11.7 Å². The van der Waals surface area contributed by atoms with Gasteiger partial charge in [-0.15, -0.1) is 0 Å². The zero-order valence-corrected chi connectivity index (χ0v) is 13.8. The number of nitrogens with zero attached hydrogens (tertiary/aromatic N) is 2. The van der Waals surface area contributed by atoms with Gasteiger partial charge in [0.25, 0.3) is 0 Å². The molecule has 0 radical (unpaired) electrons. The molecule has 0 aromatic heterocycles. The van der Waals surface area contributed by atoms with Crippen molar-refractivity contribution in [3.8, 4) is 0 Å². The quantitative estimate of drug-likeness (QED) is 0.850. The molecule has 0 saturated carbocycles. The Hall–Kier alpha value is -0.160. The maximum absolute atomic E-state index is 6.22. The summed E-state index contributed by atoms with van der Waals surface area (Å²) in [6, 6.07) is 0.492. The SMILES string of the molecule is CC(C)CN1CCC(CN)(N2CC(C)OCC2C)CC1. The molecule has 0 spiro atoms. The minimum absolute atomic E-state index is 0.199. The third-order valence-corrected chi connectivity index (χ3v) is 5.01. The number of piperidine rings is 1. The highest BCUT2D eigenvalue weighted by Gasteiger charge is 2.42. The molecule has 2 fully saturated rings. The van der Waals surface area contributed by atoms with Crippen molar-refractivity contribution in [2.45, 2.75) is 58.2 Å². The van der Waals surface area contributed by atoms with Gasteiger partial charge in [0.1, 0.15) is 0 Å². The fourth-order valence-electron chi connectivity index (χ4n) is 3.84. The molecule has 0 aromatic carbocycles. The maximum atomic E-state index is 6.22. The molecule has 2 saturated heterocycles. The highest BCUT2D eigenvalue weighted by atomic mass is 16.5. The van der Waals surface area contributed by atoms with Gasteiger partial charge in [-0.05, 0) is 45.7 Å². The first kappa shape index (κ1) is 16.2. The van der Waals surface area contributed by atoms with Crippen LogP contribution in [-0.4, -0.2) is 66.8 Å². The summed E-state index contributed by atoms with van der Waals surface area (Å²) in [4.78, 5) is 5.25. The third kappa shape index (κ3) is 3.53. The molecule has 2 atom stereocenters. The van der Waals surface area contributed by atoms with Crippen molar-refractivity contribution in [2.75, 3.05) is 39.3 Å². The topological polar surface area (TPSA) is 41.7 Å². The van der Waals surface area contributed by atoms with Gasteiger partial charge in [0.2, 0.25) is 0 Å². The lowest BCUT2D eigenvalue weighted by Gasteiger charge is -2.53. The molecule has 0 aromatic rings. The van der Waals surface area contributed by atoms with Crippen LogP contribution in [-0.2, 0) is 4.74 Å². The largest absolute Gasteiger partial charge is 0.376 e. The van der Waals surface area contributed by atoms with Crippen molar-refractivity contribution in [1.29, 1.82) is 0 Å². The fraction of sp³-hybridized carbons (Fsp3) is 1.00. The molecule has 2 aliphatic heterocycles. The smallest absolute Gasteiger partial charge is 0.0675 e. The van der Waals surface area contributed by atoms with Crippen LogP contribution in [0.2, 0.25) is 0 Å². The van der Waals surface area contributed by atoms with E-state index in [4.69, 9.17) is 10.5 Å². The van der Waals surface area contributed by atoms with Gasteiger partial charge in [-0.3, -0.25) is 4.90 Å². The molecule has 2 rings (SSSR count). The van der Waals surface area contributed by atoms with Crippen molar-refractivity contribution < 1.29 is 4.74 Å².